The monoisotopic (exact) mass is 371 g/mol. The zero-order chi connectivity index (χ0) is 18.4. The van der Waals surface area contributed by atoms with Crippen LogP contribution in [-0.2, 0) is 17.8 Å². The number of carbonyl (C=O) groups is 1. The Hall–Kier alpha value is -2.04. The molecule has 0 unspecified atom stereocenters. The van der Waals surface area contributed by atoms with Crippen LogP contribution in [-0.4, -0.2) is 43.5 Å². The zero-order valence-electron chi connectivity index (χ0n) is 15.2. The van der Waals surface area contributed by atoms with Crippen molar-refractivity contribution in [3.8, 4) is 0 Å². The van der Waals surface area contributed by atoms with Crippen molar-refractivity contribution < 1.29 is 4.79 Å². The Bertz CT molecular complexity index is 724. The molecule has 3 rings (SSSR count). The molecule has 26 heavy (non-hydrogen) atoms. The zero-order valence-corrected chi connectivity index (χ0v) is 16.0. The van der Waals surface area contributed by atoms with Crippen molar-refractivity contribution in [3.63, 3.8) is 0 Å². The van der Waals surface area contributed by atoms with Crippen LogP contribution in [0, 0.1) is 0 Å². The SMILES string of the molecule is CC(=O)NCCc1ccc(CN2CCN(c3ccccc3Cl)CC2)cc1. The molecule has 2 aromatic rings. The van der Waals surface area contributed by atoms with E-state index >= 15 is 0 Å². The number of nitrogens with one attached hydrogen (secondary N) is 1. The number of amides is 1. The van der Waals surface area contributed by atoms with Crippen LogP contribution in [0.2, 0.25) is 5.02 Å². The molecular formula is C21H26ClN3O. The standard InChI is InChI=1S/C21H26ClN3O/c1-17(26)23-11-10-18-6-8-19(9-7-18)16-24-12-14-25(15-13-24)21-5-3-2-4-20(21)22/h2-9H,10-16H2,1H3,(H,23,26). The average Bonchev–Trinajstić information content (AvgIpc) is 2.64. The summed E-state index contributed by atoms with van der Waals surface area (Å²) in [6.45, 7) is 7.29. The van der Waals surface area contributed by atoms with Gasteiger partial charge in [0.25, 0.3) is 0 Å². The molecule has 5 heteroatoms. The molecule has 0 bridgehead atoms. The van der Waals surface area contributed by atoms with Crippen molar-refractivity contribution in [1.82, 2.24) is 10.2 Å². The minimum absolute atomic E-state index is 0.0255. The highest BCUT2D eigenvalue weighted by atomic mass is 35.5. The summed E-state index contributed by atoms with van der Waals surface area (Å²) in [4.78, 5) is 15.8. The summed E-state index contributed by atoms with van der Waals surface area (Å²) >= 11 is 6.31. The number of halogens is 1. The maximum Gasteiger partial charge on any atom is 0.216 e. The lowest BCUT2D eigenvalue weighted by molar-refractivity contribution is -0.118. The molecule has 1 aliphatic rings. The molecule has 0 aliphatic carbocycles. The molecule has 0 aromatic heterocycles. The largest absolute Gasteiger partial charge is 0.368 e. The van der Waals surface area contributed by atoms with Crippen LogP contribution in [0.3, 0.4) is 0 Å². The Balaban J connectivity index is 1.47. The number of rotatable bonds is 6. The summed E-state index contributed by atoms with van der Waals surface area (Å²) in [5, 5.41) is 3.66. The molecule has 1 fully saturated rings. The lowest BCUT2D eigenvalue weighted by atomic mass is 10.1. The topological polar surface area (TPSA) is 35.6 Å². The predicted octanol–water partition coefficient (Wildman–Crippen LogP) is 3.34. The minimum atomic E-state index is 0.0255. The van der Waals surface area contributed by atoms with Gasteiger partial charge in [-0.25, -0.2) is 0 Å². The molecule has 138 valence electrons. The second-order valence-corrected chi connectivity index (χ2v) is 7.17. The van der Waals surface area contributed by atoms with Crippen LogP contribution in [0.15, 0.2) is 48.5 Å². The van der Waals surface area contributed by atoms with E-state index in [1.165, 1.54) is 11.1 Å². The first kappa shape index (κ1) is 18.7. The van der Waals surface area contributed by atoms with E-state index in [0.29, 0.717) is 6.54 Å². The Labute approximate surface area is 160 Å². The third-order valence-corrected chi connectivity index (χ3v) is 5.10. The van der Waals surface area contributed by atoms with Gasteiger partial charge in [-0.2, -0.15) is 0 Å². The van der Waals surface area contributed by atoms with Crippen LogP contribution in [0.4, 0.5) is 5.69 Å². The summed E-state index contributed by atoms with van der Waals surface area (Å²) < 4.78 is 0. The van der Waals surface area contributed by atoms with Crippen LogP contribution in [0.5, 0.6) is 0 Å². The Morgan fingerprint density at radius 3 is 2.31 bits per heavy atom. The Morgan fingerprint density at radius 1 is 1.00 bits per heavy atom. The summed E-state index contributed by atoms with van der Waals surface area (Å²) in [5.74, 6) is 0.0255. The maximum absolute atomic E-state index is 10.9. The molecule has 4 nitrogen and oxygen atoms in total. The fourth-order valence-corrected chi connectivity index (χ4v) is 3.56. The first-order chi connectivity index (χ1) is 12.6. The van der Waals surface area contributed by atoms with E-state index in [9.17, 15) is 4.79 Å². The smallest absolute Gasteiger partial charge is 0.216 e. The number of hydrogen-bond donors (Lipinski definition) is 1. The third-order valence-electron chi connectivity index (χ3n) is 4.78. The molecule has 1 amide bonds. The summed E-state index contributed by atoms with van der Waals surface area (Å²) in [7, 11) is 0. The number of para-hydroxylation sites is 1. The molecule has 1 aliphatic heterocycles. The number of piperazine rings is 1. The highest BCUT2D eigenvalue weighted by Crippen LogP contribution is 2.26. The van der Waals surface area contributed by atoms with Gasteiger partial charge in [-0.3, -0.25) is 9.69 Å². The molecule has 0 saturated carbocycles. The van der Waals surface area contributed by atoms with Gasteiger partial charge in [0, 0.05) is 46.2 Å². The van der Waals surface area contributed by atoms with Crippen molar-refractivity contribution >= 4 is 23.2 Å². The van der Waals surface area contributed by atoms with E-state index in [1.54, 1.807) is 6.92 Å². The number of carbonyl (C=O) groups excluding carboxylic acids is 1. The summed E-state index contributed by atoms with van der Waals surface area (Å²) in [6, 6.07) is 16.8. The van der Waals surface area contributed by atoms with Crippen molar-refractivity contribution in [2.45, 2.75) is 19.9 Å². The van der Waals surface area contributed by atoms with Gasteiger partial charge >= 0.3 is 0 Å². The van der Waals surface area contributed by atoms with E-state index in [0.717, 1.165) is 49.9 Å². The minimum Gasteiger partial charge on any atom is -0.368 e. The number of benzene rings is 2. The molecule has 0 spiro atoms. The van der Waals surface area contributed by atoms with Crippen LogP contribution in [0.25, 0.3) is 0 Å². The summed E-state index contributed by atoms with van der Waals surface area (Å²) in [5.41, 5.74) is 3.72. The van der Waals surface area contributed by atoms with Crippen molar-refractivity contribution in [2.24, 2.45) is 0 Å². The van der Waals surface area contributed by atoms with E-state index in [2.05, 4.69) is 45.4 Å². The van der Waals surface area contributed by atoms with Gasteiger partial charge in [0.15, 0.2) is 0 Å². The fraction of sp³-hybridized carbons (Fsp3) is 0.381. The van der Waals surface area contributed by atoms with Crippen molar-refractivity contribution in [3.05, 3.63) is 64.7 Å². The van der Waals surface area contributed by atoms with Gasteiger partial charge in [0.2, 0.25) is 5.91 Å². The van der Waals surface area contributed by atoms with Crippen molar-refractivity contribution in [2.75, 3.05) is 37.6 Å². The molecule has 1 heterocycles. The lowest BCUT2D eigenvalue weighted by Crippen LogP contribution is -2.46. The van der Waals surface area contributed by atoms with Gasteiger partial charge < -0.3 is 10.2 Å². The maximum atomic E-state index is 10.9. The molecule has 0 atom stereocenters. The molecule has 0 radical (unpaired) electrons. The number of anilines is 1. The Kier molecular flexibility index (Phi) is 6.53. The van der Waals surface area contributed by atoms with E-state index in [1.807, 2.05) is 18.2 Å². The van der Waals surface area contributed by atoms with Crippen LogP contribution < -0.4 is 10.2 Å². The molecule has 1 N–H and O–H groups in total. The first-order valence-corrected chi connectivity index (χ1v) is 9.54. The number of hydrogen-bond acceptors (Lipinski definition) is 3. The van der Waals surface area contributed by atoms with Crippen LogP contribution >= 0.6 is 11.6 Å². The third kappa shape index (κ3) is 5.23. The van der Waals surface area contributed by atoms with Gasteiger partial charge in [-0.1, -0.05) is 48.0 Å². The summed E-state index contributed by atoms with van der Waals surface area (Å²) in [6.07, 6.45) is 0.871. The van der Waals surface area contributed by atoms with Gasteiger partial charge in [-0.15, -0.1) is 0 Å². The Morgan fingerprint density at radius 2 is 1.65 bits per heavy atom. The average molecular weight is 372 g/mol. The first-order valence-electron chi connectivity index (χ1n) is 9.16. The molecule has 1 saturated heterocycles. The molecular weight excluding hydrogens is 346 g/mol. The van der Waals surface area contributed by atoms with E-state index in [-0.39, 0.29) is 5.91 Å². The second-order valence-electron chi connectivity index (χ2n) is 6.76. The quantitative estimate of drug-likeness (QED) is 0.845. The lowest BCUT2D eigenvalue weighted by Gasteiger charge is -2.36. The van der Waals surface area contributed by atoms with Gasteiger partial charge in [0.05, 0.1) is 10.7 Å². The predicted molar refractivity (Wildman–Crippen MR) is 108 cm³/mol. The molecule has 2 aromatic carbocycles. The second kappa shape index (κ2) is 9.06. The van der Waals surface area contributed by atoms with Crippen molar-refractivity contribution in [1.29, 1.82) is 0 Å². The van der Waals surface area contributed by atoms with E-state index in [4.69, 9.17) is 11.6 Å². The van der Waals surface area contributed by atoms with Crippen LogP contribution in [0.1, 0.15) is 18.1 Å². The normalized spacial score (nSPS) is 15.1. The van der Waals surface area contributed by atoms with Gasteiger partial charge in [0.1, 0.15) is 0 Å². The number of nitrogens with zero attached hydrogens (tertiary/aromatic N) is 2. The fourth-order valence-electron chi connectivity index (χ4n) is 3.31. The van der Waals surface area contributed by atoms with E-state index < -0.39 is 0 Å². The van der Waals surface area contributed by atoms with Gasteiger partial charge in [-0.05, 0) is 29.7 Å². The highest BCUT2D eigenvalue weighted by Gasteiger charge is 2.18. The highest BCUT2D eigenvalue weighted by molar-refractivity contribution is 6.33.